The highest BCUT2D eigenvalue weighted by molar-refractivity contribution is 5.92. The first-order valence-corrected chi connectivity index (χ1v) is 7.00. The summed E-state index contributed by atoms with van der Waals surface area (Å²) in [6, 6.07) is 7.77. The number of piperidine rings is 1. The van der Waals surface area contributed by atoms with Crippen molar-refractivity contribution in [1.82, 2.24) is 14.7 Å². The lowest BCUT2D eigenvalue weighted by Gasteiger charge is -2.30. The van der Waals surface area contributed by atoms with Crippen molar-refractivity contribution in [2.75, 3.05) is 13.1 Å². The third kappa shape index (κ3) is 2.95. The van der Waals surface area contributed by atoms with Crippen LogP contribution < -0.4 is 5.73 Å². The molecule has 2 heterocycles. The number of amides is 1. The monoisotopic (exact) mass is 288 g/mol. The first-order chi connectivity index (χ1) is 10.1. The molecule has 2 N–H and O–H groups in total. The van der Waals surface area contributed by atoms with Crippen molar-refractivity contribution in [3.63, 3.8) is 0 Å². The molecule has 1 aromatic heterocycles. The van der Waals surface area contributed by atoms with Gasteiger partial charge in [0.1, 0.15) is 5.82 Å². The molecule has 6 heteroatoms. The van der Waals surface area contributed by atoms with Gasteiger partial charge in [-0.1, -0.05) is 6.07 Å². The molecular weight excluding hydrogens is 271 g/mol. The zero-order chi connectivity index (χ0) is 14.8. The maximum atomic E-state index is 13.2. The molecule has 1 amide bonds. The minimum absolute atomic E-state index is 0.0352. The van der Waals surface area contributed by atoms with Gasteiger partial charge in [0.05, 0.1) is 5.69 Å². The summed E-state index contributed by atoms with van der Waals surface area (Å²) in [4.78, 5) is 14.1. The summed E-state index contributed by atoms with van der Waals surface area (Å²) >= 11 is 0. The Balaban J connectivity index is 1.80. The fraction of sp³-hybridized carbons (Fsp3) is 0.333. The van der Waals surface area contributed by atoms with Gasteiger partial charge in [0.25, 0.3) is 5.91 Å². The Bertz CT molecular complexity index is 655. The van der Waals surface area contributed by atoms with Gasteiger partial charge in [-0.25, -0.2) is 9.07 Å². The number of rotatable bonds is 2. The lowest BCUT2D eigenvalue weighted by atomic mass is 10.1. The average Bonchev–Trinajstić information content (AvgIpc) is 2.96. The molecule has 0 bridgehead atoms. The van der Waals surface area contributed by atoms with Crippen molar-refractivity contribution in [3.05, 3.63) is 48.0 Å². The van der Waals surface area contributed by atoms with E-state index in [1.54, 1.807) is 29.3 Å². The molecule has 1 aliphatic heterocycles. The Morgan fingerprint density at radius 3 is 3.00 bits per heavy atom. The van der Waals surface area contributed by atoms with Crippen molar-refractivity contribution in [2.24, 2.45) is 5.73 Å². The molecule has 110 valence electrons. The molecule has 0 radical (unpaired) electrons. The molecule has 1 atom stereocenters. The van der Waals surface area contributed by atoms with Crippen LogP contribution in [0, 0.1) is 5.82 Å². The van der Waals surface area contributed by atoms with Gasteiger partial charge in [-0.3, -0.25) is 4.79 Å². The summed E-state index contributed by atoms with van der Waals surface area (Å²) in [6.45, 7) is 1.27. The van der Waals surface area contributed by atoms with Gasteiger partial charge in [-0.05, 0) is 37.1 Å². The van der Waals surface area contributed by atoms with Crippen molar-refractivity contribution in [2.45, 2.75) is 18.9 Å². The zero-order valence-electron chi connectivity index (χ0n) is 11.6. The van der Waals surface area contributed by atoms with Crippen LogP contribution in [-0.4, -0.2) is 39.7 Å². The lowest BCUT2D eigenvalue weighted by molar-refractivity contribution is 0.0702. The van der Waals surface area contributed by atoms with E-state index in [-0.39, 0.29) is 17.8 Å². The highest BCUT2D eigenvalue weighted by Crippen LogP contribution is 2.14. The third-order valence-corrected chi connectivity index (χ3v) is 3.63. The van der Waals surface area contributed by atoms with E-state index in [1.807, 2.05) is 0 Å². The SMILES string of the molecule is N[C@H]1CCCN(C(=O)c2ccn(-c3cccc(F)c3)n2)C1. The summed E-state index contributed by atoms with van der Waals surface area (Å²) in [5.41, 5.74) is 6.84. The summed E-state index contributed by atoms with van der Waals surface area (Å²) < 4.78 is 14.7. The molecule has 1 fully saturated rings. The number of nitrogens with two attached hydrogens (primary N) is 1. The number of carbonyl (C=O) groups is 1. The second-order valence-electron chi connectivity index (χ2n) is 5.28. The van der Waals surface area contributed by atoms with Crippen LogP contribution >= 0.6 is 0 Å². The van der Waals surface area contributed by atoms with E-state index in [0.717, 1.165) is 12.8 Å². The van der Waals surface area contributed by atoms with E-state index in [9.17, 15) is 9.18 Å². The molecule has 21 heavy (non-hydrogen) atoms. The summed E-state index contributed by atoms with van der Waals surface area (Å²) in [6.07, 6.45) is 3.52. The Labute approximate surface area is 122 Å². The van der Waals surface area contributed by atoms with Crippen LogP contribution in [0.3, 0.4) is 0 Å². The van der Waals surface area contributed by atoms with Crippen LogP contribution in [-0.2, 0) is 0 Å². The molecule has 1 saturated heterocycles. The van der Waals surface area contributed by atoms with E-state index < -0.39 is 0 Å². The van der Waals surface area contributed by atoms with Gasteiger partial charge in [0.15, 0.2) is 5.69 Å². The van der Waals surface area contributed by atoms with Crippen molar-refractivity contribution in [3.8, 4) is 5.69 Å². The second kappa shape index (κ2) is 5.65. The maximum absolute atomic E-state index is 13.2. The quantitative estimate of drug-likeness (QED) is 0.912. The Kier molecular flexibility index (Phi) is 3.70. The normalized spacial score (nSPS) is 18.8. The van der Waals surface area contributed by atoms with E-state index in [0.29, 0.717) is 24.5 Å². The van der Waals surface area contributed by atoms with Crippen LogP contribution in [0.5, 0.6) is 0 Å². The number of nitrogens with zero attached hydrogens (tertiary/aromatic N) is 3. The third-order valence-electron chi connectivity index (χ3n) is 3.63. The summed E-state index contributed by atoms with van der Waals surface area (Å²) in [5, 5.41) is 4.24. The number of likely N-dealkylation sites (tertiary alicyclic amines) is 1. The van der Waals surface area contributed by atoms with Gasteiger partial charge >= 0.3 is 0 Å². The first kappa shape index (κ1) is 13.8. The maximum Gasteiger partial charge on any atom is 0.274 e. The molecule has 5 nitrogen and oxygen atoms in total. The van der Waals surface area contributed by atoms with E-state index in [1.165, 1.54) is 16.8 Å². The van der Waals surface area contributed by atoms with Crippen molar-refractivity contribution < 1.29 is 9.18 Å². The van der Waals surface area contributed by atoms with Crippen LogP contribution in [0.4, 0.5) is 4.39 Å². The average molecular weight is 288 g/mol. The van der Waals surface area contributed by atoms with Gasteiger partial charge < -0.3 is 10.6 Å². The highest BCUT2D eigenvalue weighted by atomic mass is 19.1. The molecule has 0 unspecified atom stereocenters. The van der Waals surface area contributed by atoms with Crippen LogP contribution in [0.25, 0.3) is 5.69 Å². The zero-order valence-corrected chi connectivity index (χ0v) is 11.6. The predicted octanol–water partition coefficient (Wildman–Crippen LogP) is 1.57. The van der Waals surface area contributed by atoms with Crippen LogP contribution in [0.1, 0.15) is 23.3 Å². The Morgan fingerprint density at radius 2 is 2.24 bits per heavy atom. The first-order valence-electron chi connectivity index (χ1n) is 7.00. The number of benzene rings is 1. The molecular formula is C15H17FN4O. The van der Waals surface area contributed by atoms with E-state index >= 15 is 0 Å². The number of hydrogen-bond acceptors (Lipinski definition) is 3. The fourth-order valence-corrected chi connectivity index (χ4v) is 2.56. The summed E-state index contributed by atoms with van der Waals surface area (Å²) in [7, 11) is 0. The number of aromatic nitrogens is 2. The standard InChI is InChI=1S/C15H17FN4O/c16-11-3-1-5-13(9-11)20-8-6-14(18-20)15(21)19-7-2-4-12(17)10-19/h1,3,5-6,8-9,12H,2,4,7,10,17H2/t12-/m0/s1. The Morgan fingerprint density at radius 1 is 1.38 bits per heavy atom. The lowest BCUT2D eigenvalue weighted by Crippen LogP contribution is -2.45. The Hall–Kier alpha value is -2.21. The van der Waals surface area contributed by atoms with Crippen LogP contribution in [0.15, 0.2) is 36.5 Å². The topological polar surface area (TPSA) is 64.2 Å². The fourth-order valence-electron chi connectivity index (χ4n) is 2.56. The molecule has 0 spiro atoms. The van der Waals surface area contributed by atoms with E-state index in [4.69, 9.17) is 5.73 Å². The van der Waals surface area contributed by atoms with Gasteiger partial charge in [0.2, 0.25) is 0 Å². The minimum atomic E-state index is -0.335. The molecule has 3 rings (SSSR count). The van der Waals surface area contributed by atoms with Crippen molar-refractivity contribution >= 4 is 5.91 Å². The van der Waals surface area contributed by atoms with Crippen LogP contribution in [0.2, 0.25) is 0 Å². The molecule has 1 aromatic carbocycles. The smallest absolute Gasteiger partial charge is 0.274 e. The summed E-state index contributed by atoms with van der Waals surface area (Å²) in [5.74, 6) is -0.460. The number of hydrogen-bond donors (Lipinski definition) is 1. The number of halogens is 1. The molecule has 0 aliphatic carbocycles. The molecule has 2 aromatic rings. The van der Waals surface area contributed by atoms with Gasteiger partial charge in [-0.2, -0.15) is 5.10 Å². The number of carbonyl (C=O) groups excluding carboxylic acids is 1. The second-order valence-corrected chi connectivity index (χ2v) is 5.28. The van der Waals surface area contributed by atoms with Crippen molar-refractivity contribution in [1.29, 1.82) is 0 Å². The van der Waals surface area contributed by atoms with Gasteiger partial charge in [0, 0.05) is 25.3 Å². The predicted molar refractivity (Wildman–Crippen MR) is 76.6 cm³/mol. The van der Waals surface area contributed by atoms with Gasteiger partial charge in [-0.15, -0.1) is 0 Å². The molecule has 0 saturated carbocycles. The van der Waals surface area contributed by atoms with E-state index in [2.05, 4.69) is 5.10 Å². The highest BCUT2D eigenvalue weighted by Gasteiger charge is 2.23. The minimum Gasteiger partial charge on any atom is -0.336 e. The largest absolute Gasteiger partial charge is 0.336 e. The molecule has 1 aliphatic rings.